The van der Waals surface area contributed by atoms with Gasteiger partial charge in [-0.2, -0.15) is 13.2 Å². The van der Waals surface area contributed by atoms with Crippen molar-refractivity contribution >= 4 is 22.6 Å². The molecule has 2 heterocycles. The molecule has 1 aromatic carbocycles. The SMILES string of the molecule is FC(F)(F)c1ccc(-n2c(CCl)nc3cnccc32)cc1. The Morgan fingerprint density at radius 2 is 1.81 bits per heavy atom. The topological polar surface area (TPSA) is 30.7 Å². The van der Waals surface area contributed by atoms with Crippen molar-refractivity contribution in [1.82, 2.24) is 14.5 Å². The lowest BCUT2D eigenvalue weighted by atomic mass is 10.2. The van der Waals surface area contributed by atoms with Crippen molar-refractivity contribution in [3.63, 3.8) is 0 Å². The summed E-state index contributed by atoms with van der Waals surface area (Å²) < 4.78 is 39.6. The molecule has 3 nitrogen and oxygen atoms in total. The molecule has 0 atom stereocenters. The maximum atomic E-state index is 12.6. The highest BCUT2D eigenvalue weighted by molar-refractivity contribution is 6.17. The molecule has 21 heavy (non-hydrogen) atoms. The Bertz CT molecular complexity index is 778. The van der Waals surface area contributed by atoms with E-state index in [-0.39, 0.29) is 5.88 Å². The zero-order chi connectivity index (χ0) is 15.0. The van der Waals surface area contributed by atoms with Crippen LogP contribution in [0.5, 0.6) is 0 Å². The molecule has 0 amide bonds. The second-order valence-electron chi connectivity index (χ2n) is 4.41. The van der Waals surface area contributed by atoms with E-state index < -0.39 is 11.7 Å². The van der Waals surface area contributed by atoms with Gasteiger partial charge in [-0.05, 0) is 30.3 Å². The summed E-state index contributed by atoms with van der Waals surface area (Å²) >= 11 is 5.87. The lowest BCUT2D eigenvalue weighted by molar-refractivity contribution is -0.137. The molecular formula is C14H9ClF3N3. The monoisotopic (exact) mass is 311 g/mol. The third kappa shape index (κ3) is 2.47. The first kappa shape index (κ1) is 13.9. The summed E-state index contributed by atoms with van der Waals surface area (Å²) in [7, 11) is 0. The Morgan fingerprint density at radius 3 is 2.43 bits per heavy atom. The Morgan fingerprint density at radius 1 is 1.10 bits per heavy atom. The average Bonchev–Trinajstić information content (AvgIpc) is 2.85. The van der Waals surface area contributed by atoms with E-state index in [0.29, 0.717) is 17.0 Å². The number of aromatic nitrogens is 3. The number of nitrogens with zero attached hydrogens (tertiary/aromatic N) is 3. The van der Waals surface area contributed by atoms with E-state index in [2.05, 4.69) is 9.97 Å². The first-order valence-electron chi connectivity index (χ1n) is 6.05. The average molecular weight is 312 g/mol. The van der Waals surface area contributed by atoms with Gasteiger partial charge in [-0.3, -0.25) is 9.55 Å². The van der Waals surface area contributed by atoms with Crippen LogP contribution in [0.25, 0.3) is 16.7 Å². The van der Waals surface area contributed by atoms with Crippen molar-refractivity contribution in [3.8, 4) is 5.69 Å². The summed E-state index contributed by atoms with van der Waals surface area (Å²) in [5, 5.41) is 0. The maximum Gasteiger partial charge on any atom is 0.416 e. The van der Waals surface area contributed by atoms with Crippen molar-refractivity contribution < 1.29 is 13.2 Å². The number of alkyl halides is 4. The van der Waals surface area contributed by atoms with E-state index in [4.69, 9.17) is 11.6 Å². The van der Waals surface area contributed by atoms with Crippen molar-refractivity contribution in [2.75, 3.05) is 0 Å². The molecular weight excluding hydrogens is 303 g/mol. The fourth-order valence-corrected chi connectivity index (χ4v) is 2.34. The molecule has 0 aliphatic heterocycles. The van der Waals surface area contributed by atoms with E-state index in [1.54, 1.807) is 23.0 Å². The van der Waals surface area contributed by atoms with Crippen molar-refractivity contribution in [1.29, 1.82) is 0 Å². The molecule has 0 N–H and O–H groups in total. The van der Waals surface area contributed by atoms with Crippen LogP contribution >= 0.6 is 11.6 Å². The smallest absolute Gasteiger partial charge is 0.295 e. The highest BCUT2D eigenvalue weighted by Gasteiger charge is 2.30. The minimum atomic E-state index is -4.35. The van der Waals surface area contributed by atoms with E-state index in [9.17, 15) is 13.2 Å². The summed E-state index contributed by atoms with van der Waals surface area (Å²) in [5.41, 5.74) is 1.28. The number of benzene rings is 1. The number of imidazole rings is 1. The number of rotatable bonds is 2. The Labute approximate surface area is 123 Å². The maximum absolute atomic E-state index is 12.6. The summed E-state index contributed by atoms with van der Waals surface area (Å²) in [5.74, 6) is 0.704. The molecule has 3 aromatic rings. The van der Waals surface area contributed by atoms with Gasteiger partial charge < -0.3 is 0 Å². The molecule has 0 aliphatic carbocycles. The minimum absolute atomic E-state index is 0.149. The van der Waals surface area contributed by atoms with Gasteiger partial charge in [-0.15, -0.1) is 11.6 Å². The quantitative estimate of drug-likeness (QED) is 0.665. The molecule has 0 spiro atoms. The van der Waals surface area contributed by atoms with Gasteiger partial charge in [-0.25, -0.2) is 4.98 Å². The number of pyridine rings is 1. The van der Waals surface area contributed by atoms with Gasteiger partial charge in [-0.1, -0.05) is 0 Å². The molecule has 0 saturated heterocycles. The number of fused-ring (bicyclic) bond motifs is 1. The third-order valence-corrected chi connectivity index (χ3v) is 3.34. The second kappa shape index (κ2) is 5.04. The number of halogens is 4. The molecule has 0 saturated carbocycles. The van der Waals surface area contributed by atoms with Gasteiger partial charge in [0.15, 0.2) is 0 Å². The zero-order valence-electron chi connectivity index (χ0n) is 10.6. The van der Waals surface area contributed by atoms with Crippen molar-refractivity contribution in [2.45, 2.75) is 12.1 Å². The van der Waals surface area contributed by atoms with Crippen LogP contribution in [0.2, 0.25) is 0 Å². The zero-order valence-corrected chi connectivity index (χ0v) is 11.4. The molecule has 0 unspecified atom stereocenters. The van der Waals surface area contributed by atoms with Gasteiger partial charge in [0, 0.05) is 11.9 Å². The van der Waals surface area contributed by atoms with E-state index in [0.717, 1.165) is 17.6 Å². The molecule has 2 aromatic heterocycles. The number of hydrogen-bond acceptors (Lipinski definition) is 2. The van der Waals surface area contributed by atoms with Crippen LogP contribution in [0.4, 0.5) is 13.2 Å². The molecule has 7 heteroatoms. The Balaban J connectivity index is 2.16. The molecule has 0 radical (unpaired) electrons. The summed E-state index contributed by atoms with van der Waals surface area (Å²) in [4.78, 5) is 8.30. The lowest BCUT2D eigenvalue weighted by Gasteiger charge is -2.10. The molecule has 0 fully saturated rings. The largest absolute Gasteiger partial charge is 0.416 e. The fraction of sp³-hybridized carbons (Fsp3) is 0.143. The molecule has 108 valence electrons. The van der Waals surface area contributed by atoms with Crippen LogP contribution in [0.15, 0.2) is 42.7 Å². The number of hydrogen-bond donors (Lipinski definition) is 0. The standard InChI is InChI=1S/C14H9ClF3N3/c15-7-13-20-11-8-19-6-5-12(11)21(13)10-3-1-9(2-4-10)14(16,17)18/h1-6,8H,7H2. The van der Waals surface area contributed by atoms with Gasteiger partial charge in [0.25, 0.3) is 0 Å². The molecule has 3 rings (SSSR count). The van der Waals surface area contributed by atoms with Crippen LogP contribution in [0.3, 0.4) is 0 Å². The summed E-state index contributed by atoms with van der Waals surface area (Å²) in [6, 6.07) is 6.64. The van der Waals surface area contributed by atoms with E-state index >= 15 is 0 Å². The summed E-state index contributed by atoms with van der Waals surface area (Å²) in [6.07, 6.45) is -1.16. The van der Waals surface area contributed by atoms with Crippen LogP contribution < -0.4 is 0 Å². The molecule has 0 aliphatic rings. The fourth-order valence-electron chi connectivity index (χ4n) is 2.16. The first-order valence-corrected chi connectivity index (χ1v) is 6.59. The third-order valence-electron chi connectivity index (χ3n) is 3.10. The minimum Gasteiger partial charge on any atom is -0.295 e. The van der Waals surface area contributed by atoms with Crippen molar-refractivity contribution in [2.24, 2.45) is 0 Å². The van der Waals surface area contributed by atoms with Gasteiger partial charge >= 0.3 is 6.18 Å². The van der Waals surface area contributed by atoms with Crippen LogP contribution in [0, 0.1) is 0 Å². The van der Waals surface area contributed by atoms with E-state index in [1.165, 1.54) is 12.1 Å². The van der Waals surface area contributed by atoms with Crippen LogP contribution in [-0.4, -0.2) is 14.5 Å². The predicted octanol–water partition coefficient (Wildman–Crippen LogP) is 4.18. The second-order valence-corrected chi connectivity index (χ2v) is 4.67. The highest BCUT2D eigenvalue weighted by Crippen LogP contribution is 2.30. The van der Waals surface area contributed by atoms with Gasteiger partial charge in [0.2, 0.25) is 0 Å². The van der Waals surface area contributed by atoms with Crippen LogP contribution in [0.1, 0.15) is 11.4 Å². The van der Waals surface area contributed by atoms with E-state index in [1.807, 2.05) is 0 Å². The van der Waals surface area contributed by atoms with Crippen molar-refractivity contribution in [3.05, 3.63) is 54.1 Å². The lowest BCUT2D eigenvalue weighted by Crippen LogP contribution is -2.05. The molecule has 0 bridgehead atoms. The Kier molecular flexibility index (Phi) is 3.33. The predicted molar refractivity (Wildman–Crippen MR) is 73.4 cm³/mol. The highest BCUT2D eigenvalue weighted by atomic mass is 35.5. The first-order chi connectivity index (χ1) is 10.0. The Hall–Kier alpha value is -2.08. The van der Waals surface area contributed by atoms with Crippen LogP contribution in [-0.2, 0) is 12.1 Å². The van der Waals surface area contributed by atoms with Gasteiger partial charge in [0.1, 0.15) is 11.3 Å². The summed E-state index contributed by atoms with van der Waals surface area (Å²) in [6.45, 7) is 0. The normalized spacial score (nSPS) is 12.0. The van der Waals surface area contributed by atoms with Gasteiger partial charge in [0.05, 0.1) is 23.2 Å².